The highest BCUT2D eigenvalue weighted by Gasteiger charge is 2.23. The third-order valence-electron chi connectivity index (χ3n) is 5.75. The standard InChI is InChI=1S/C27H27N7O3/c1-27(2,3)37-26(36)34-23-9-5-17(14-18(23)16-30-34)4-6-19-10-12-28-24(31-19)22-11-13-29-25(33-22)32-20-7-8-21(35)15-20/h5,9-14,16,20-21,35H,7-8,15H2,1-3H3,(H,29,32,33)/t20-,21+/m0/s1. The number of hydrogen-bond donors (Lipinski definition) is 2. The van der Waals surface area contributed by atoms with E-state index in [9.17, 15) is 9.90 Å². The second-order valence-corrected chi connectivity index (χ2v) is 9.90. The highest BCUT2D eigenvalue weighted by molar-refractivity contribution is 5.88. The van der Waals surface area contributed by atoms with Gasteiger partial charge in [0.2, 0.25) is 5.95 Å². The summed E-state index contributed by atoms with van der Waals surface area (Å²) in [7, 11) is 0. The molecule has 188 valence electrons. The normalized spacial score (nSPS) is 17.3. The maximum Gasteiger partial charge on any atom is 0.435 e. The second kappa shape index (κ2) is 9.95. The van der Waals surface area contributed by atoms with Gasteiger partial charge >= 0.3 is 6.09 Å². The number of nitrogens with zero attached hydrogens (tertiary/aromatic N) is 6. The van der Waals surface area contributed by atoms with Gasteiger partial charge in [0, 0.05) is 29.4 Å². The molecule has 1 aliphatic carbocycles. The van der Waals surface area contributed by atoms with Crippen LogP contribution in [0.15, 0.2) is 48.9 Å². The van der Waals surface area contributed by atoms with E-state index in [-0.39, 0.29) is 12.1 Å². The van der Waals surface area contributed by atoms with Crippen molar-refractivity contribution in [3.05, 3.63) is 60.2 Å². The summed E-state index contributed by atoms with van der Waals surface area (Å²) in [4.78, 5) is 30.1. The van der Waals surface area contributed by atoms with E-state index >= 15 is 0 Å². The summed E-state index contributed by atoms with van der Waals surface area (Å²) < 4.78 is 6.66. The molecular weight excluding hydrogens is 470 g/mol. The SMILES string of the molecule is CC(C)(C)OC(=O)n1ncc2cc(C#Cc3ccnc(-c4ccnc(N[C@H]5CC[C@@H](O)C5)n4)n3)ccc21. The van der Waals surface area contributed by atoms with Crippen LogP contribution in [-0.2, 0) is 4.74 Å². The lowest BCUT2D eigenvalue weighted by Crippen LogP contribution is -2.27. The van der Waals surface area contributed by atoms with Gasteiger partial charge in [-0.05, 0) is 76.3 Å². The molecule has 1 aliphatic rings. The van der Waals surface area contributed by atoms with E-state index < -0.39 is 11.7 Å². The number of fused-ring (bicyclic) bond motifs is 1. The number of benzene rings is 1. The number of aromatic nitrogens is 6. The largest absolute Gasteiger partial charge is 0.442 e. The smallest absolute Gasteiger partial charge is 0.435 e. The minimum atomic E-state index is -0.611. The van der Waals surface area contributed by atoms with Gasteiger partial charge in [-0.2, -0.15) is 9.78 Å². The minimum absolute atomic E-state index is 0.150. The first-order valence-electron chi connectivity index (χ1n) is 12.1. The van der Waals surface area contributed by atoms with Crippen LogP contribution in [0.4, 0.5) is 10.7 Å². The van der Waals surface area contributed by atoms with Crippen LogP contribution in [-0.4, -0.2) is 58.7 Å². The van der Waals surface area contributed by atoms with E-state index in [0.717, 1.165) is 23.8 Å². The lowest BCUT2D eigenvalue weighted by molar-refractivity contribution is 0.0522. The summed E-state index contributed by atoms with van der Waals surface area (Å²) >= 11 is 0. The molecule has 0 unspecified atom stereocenters. The number of rotatable bonds is 3. The van der Waals surface area contributed by atoms with Crippen LogP contribution in [0.1, 0.15) is 51.3 Å². The van der Waals surface area contributed by atoms with Gasteiger partial charge in [-0.25, -0.2) is 24.7 Å². The van der Waals surface area contributed by atoms with Crippen LogP contribution in [0.3, 0.4) is 0 Å². The van der Waals surface area contributed by atoms with Crippen LogP contribution in [0.25, 0.3) is 22.4 Å². The van der Waals surface area contributed by atoms with Crippen molar-refractivity contribution < 1.29 is 14.6 Å². The van der Waals surface area contributed by atoms with E-state index in [4.69, 9.17) is 4.74 Å². The molecule has 3 heterocycles. The number of carbonyl (C=O) groups is 1. The molecule has 0 radical (unpaired) electrons. The fourth-order valence-corrected chi connectivity index (χ4v) is 4.07. The van der Waals surface area contributed by atoms with Gasteiger partial charge in [0.25, 0.3) is 0 Å². The van der Waals surface area contributed by atoms with Crippen LogP contribution in [0, 0.1) is 11.8 Å². The number of anilines is 1. The summed E-state index contributed by atoms with van der Waals surface area (Å²) in [5, 5.41) is 18.0. The topological polar surface area (TPSA) is 128 Å². The number of aliphatic hydroxyl groups excluding tert-OH is 1. The van der Waals surface area contributed by atoms with Crippen LogP contribution in [0.2, 0.25) is 0 Å². The van der Waals surface area contributed by atoms with Crippen molar-refractivity contribution in [1.82, 2.24) is 29.7 Å². The Morgan fingerprint density at radius 3 is 2.73 bits per heavy atom. The van der Waals surface area contributed by atoms with E-state index in [1.54, 1.807) is 36.8 Å². The average Bonchev–Trinajstić information content (AvgIpc) is 3.47. The van der Waals surface area contributed by atoms with Gasteiger partial charge in [0.05, 0.1) is 17.8 Å². The summed E-state index contributed by atoms with van der Waals surface area (Å²) in [6.07, 6.45) is 6.44. The van der Waals surface area contributed by atoms with Gasteiger partial charge in [-0.3, -0.25) is 0 Å². The first-order chi connectivity index (χ1) is 17.7. The van der Waals surface area contributed by atoms with Gasteiger partial charge < -0.3 is 15.2 Å². The first-order valence-corrected chi connectivity index (χ1v) is 12.1. The Hall–Kier alpha value is -4.36. The van der Waals surface area contributed by atoms with Gasteiger partial charge in [-0.15, -0.1) is 0 Å². The highest BCUT2D eigenvalue weighted by Crippen LogP contribution is 2.22. The third-order valence-corrected chi connectivity index (χ3v) is 5.75. The third kappa shape index (κ3) is 5.90. The number of aliphatic hydroxyl groups is 1. The fraction of sp³-hybridized carbons (Fsp3) is 0.333. The number of ether oxygens (including phenoxy) is 1. The molecule has 0 bridgehead atoms. The Bertz CT molecular complexity index is 1510. The molecule has 10 nitrogen and oxygen atoms in total. The summed E-state index contributed by atoms with van der Waals surface area (Å²) in [5.74, 6) is 7.10. The second-order valence-electron chi connectivity index (χ2n) is 9.90. The lowest BCUT2D eigenvalue weighted by atomic mass is 10.1. The first kappa shape index (κ1) is 24.3. The maximum absolute atomic E-state index is 12.4. The summed E-state index contributed by atoms with van der Waals surface area (Å²) in [5.41, 5.74) is 1.91. The van der Waals surface area contributed by atoms with Crippen LogP contribution < -0.4 is 5.32 Å². The van der Waals surface area contributed by atoms with Crippen molar-refractivity contribution in [2.24, 2.45) is 0 Å². The van der Waals surface area contributed by atoms with Crippen LogP contribution in [0.5, 0.6) is 0 Å². The summed E-state index contributed by atoms with van der Waals surface area (Å²) in [6.45, 7) is 5.43. The molecule has 5 rings (SSSR count). The maximum atomic E-state index is 12.4. The highest BCUT2D eigenvalue weighted by atomic mass is 16.6. The molecule has 2 atom stereocenters. The minimum Gasteiger partial charge on any atom is -0.442 e. The van der Waals surface area contributed by atoms with Gasteiger partial charge in [0.1, 0.15) is 17.0 Å². The van der Waals surface area contributed by atoms with E-state index in [1.807, 2.05) is 32.9 Å². The molecule has 0 saturated heterocycles. The molecule has 4 aromatic rings. The van der Waals surface area contributed by atoms with Crippen molar-refractivity contribution in [3.63, 3.8) is 0 Å². The average molecular weight is 498 g/mol. The van der Waals surface area contributed by atoms with Gasteiger partial charge in [0.15, 0.2) is 5.82 Å². The molecule has 3 aromatic heterocycles. The zero-order valence-electron chi connectivity index (χ0n) is 20.8. The number of nitrogens with one attached hydrogen (secondary N) is 1. The van der Waals surface area contributed by atoms with Crippen molar-refractivity contribution in [2.75, 3.05) is 5.32 Å². The molecule has 0 aliphatic heterocycles. The Morgan fingerprint density at radius 1 is 1.11 bits per heavy atom. The Kier molecular flexibility index (Phi) is 6.54. The molecule has 1 saturated carbocycles. The molecule has 1 aromatic carbocycles. The van der Waals surface area contributed by atoms with E-state index in [2.05, 4.69) is 42.2 Å². The molecule has 2 N–H and O–H groups in total. The predicted octanol–water partition coefficient (Wildman–Crippen LogP) is 3.79. The molecule has 37 heavy (non-hydrogen) atoms. The quantitative estimate of drug-likeness (QED) is 0.406. The van der Waals surface area contributed by atoms with E-state index in [1.165, 1.54) is 4.68 Å². The molecule has 0 spiro atoms. The monoisotopic (exact) mass is 497 g/mol. The molecule has 10 heteroatoms. The fourth-order valence-electron chi connectivity index (χ4n) is 4.07. The Morgan fingerprint density at radius 2 is 1.95 bits per heavy atom. The van der Waals surface area contributed by atoms with E-state index in [0.29, 0.717) is 35.1 Å². The van der Waals surface area contributed by atoms with Crippen molar-refractivity contribution in [3.8, 4) is 23.4 Å². The zero-order valence-corrected chi connectivity index (χ0v) is 20.8. The Balaban J connectivity index is 1.33. The summed E-state index contributed by atoms with van der Waals surface area (Å²) in [6, 6.07) is 9.10. The molecule has 0 amide bonds. The number of carbonyl (C=O) groups excluding carboxylic acids is 1. The van der Waals surface area contributed by atoms with Crippen LogP contribution >= 0.6 is 0 Å². The zero-order chi connectivity index (χ0) is 26.0. The van der Waals surface area contributed by atoms with Crippen molar-refractivity contribution >= 4 is 22.9 Å². The molecular formula is C27H27N7O3. The predicted molar refractivity (Wildman–Crippen MR) is 138 cm³/mol. The molecule has 1 fully saturated rings. The van der Waals surface area contributed by atoms with Crippen molar-refractivity contribution in [1.29, 1.82) is 0 Å². The number of hydrogen-bond acceptors (Lipinski definition) is 9. The Labute approximate surface area is 214 Å². The van der Waals surface area contributed by atoms with Gasteiger partial charge in [-0.1, -0.05) is 5.92 Å². The lowest BCUT2D eigenvalue weighted by Gasteiger charge is -2.19. The van der Waals surface area contributed by atoms with Crippen molar-refractivity contribution in [2.45, 2.75) is 57.8 Å².